The van der Waals surface area contributed by atoms with Crippen molar-refractivity contribution < 1.29 is 40.2 Å². The highest BCUT2D eigenvalue weighted by molar-refractivity contribution is 5.66. The van der Waals surface area contributed by atoms with Crippen LogP contribution in [0, 0.1) is 41.9 Å². The fourth-order valence-electron chi connectivity index (χ4n) is 5.27. The largest absolute Gasteiger partial charge is 0.480 e. The van der Waals surface area contributed by atoms with Gasteiger partial charge in [-0.1, -0.05) is 25.8 Å². The minimum absolute atomic E-state index is 0.125. The minimum Gasteiger partial charge on any atom is -0.480 e. The summed E-state index contributed by atoms with van der Waals surface area (Å²) in [7, 11) is 0. The fraction of sp³-hybridized carbons (Fsp3) is 0.400. The van der Waals surface area contributed by atoms with Crippen molar-refractivity contribution in [2.24, 2.45) is 5.92 Å². The van der Waals surface area contributed by atoms with Crippen LogP contribution in [-0.2, 0) is 0 Å². The Bertz CT molecular complexity index is 1270. The highest BCUT2D eigenvalue weighted by Crippen LogP contribution is 2.41. The zero-order valence-corrected chi connectivity index (χ0v) is 21.6. The van der Waals surface area contributed by atoms with Gasteiger partial charge in [-0.25, -0.2) is 22.0 Å². The summed E-state index contributed by atoms with van der Waals surface area (Å²) in [5.74, 6) is -6.03. The van der Waals surface area contributed by atoms with Gasteiger partial charge in [0.15, 0.2) is 18.2 Å². The molecular formula is C30H29F7O2. The van der Waals surface area contributed by atoms with Gasteiger partial charge in [0.25, 0.3) is 0 Å². The van der Waals surface area contributed by atoms with Crippen molar-refractivity contribution in [1.82, 2.24) is 0 Å². The summed E-state index contributed by atoms with van der Waals surface area (Å²) >= 11 is 0. The van der Waals surface area contributed by atoms with Crippen LogP contribution in [0.15, 0.2) is 42.5 Å². The van der Waals surface area contributed by atoms with E-state index >= 15 is 0 Å². The quantitative estimate of drug-likeness (QED) is 0.245. The molecule has 0 aromatic heterocycles. The van der Waals surface area contributed by atoms with Gasteiger partial charge in [0.2, 0.25) is 0 Å². The van der Waals surface area contributed by atoms with Crippen LogP contribution in [0.25, 0.3) is 11.1 Å². The number of benzene rings is 3. The van der Waals surface area contributed by atoms with E-state index in [1.807, 2.05) is 0 Å². The van der Waals surface area contributed by atoms with Gasteiger partial charge in [0.1, 0.15) is 29.0 Å². The third-order valence-corrected chi connectivity index (χ3v) is 7.07. The third kappa shape index (κ3) is 6.86. The number of ether oxygens (including phenoxy) is 2. The molecule has 1 saturated carbocycles. The van der Waals surface area contributed by atoms with E-state index in [1.54, 1.807) is 0 Å². The van der Waals surface area contributed by atoms with E-state index in [0.29, 0.717) is 36.5 Å². The molecule has 4 rings (SSSR count). The first kappa shape index (κ1) is 28.8. The van der Waals surface area contributed by atoms with Gasteiger partial charge in [-0.05, 0) is 79.8 Å². The van der Waals surface area contributed by atoms with Crippen molar-refractivity contribution in [3.05, 3.63) is 82.7 Å². The lowest BCUT2D eigenvalue weighted by Crippen LogP contribution is -2.32. The van der Waals surface area contributed by atoms with Crippen LogP contribution in [0.3, 0.4) is 0 Å². The predicted molar refractivity (Wildman–Crippen MR) is 134 cm³/mol. The number of alkyl halides is 2. The van der Waals surface area contributed by atoms with Gasteiger partial charge >= 0.3 is 6.11 Å². The maximum atomic E-state index is 14.8. The van der Waals surface area contributed by atoms with Gasteiger partial charge in [-0.15, -0.1) is 0 Å². The molecular weight excluding hydrogens is 525 g/mol. The zero-order chi connectivity index (χ0) is 28.3. The second kappa shape index (κ2) is 11.9. The lowest BCUT2D eigenvalue weighted by molar-refractivity contribution is -0.195. The first-order valence-corrected chi connectivity index (χ1v) is 12.9. The van der Waals surface area contributed by atoms with Crippen molar-refractivity contribution in [2.45, 2.75) is 64.4 Å². The lowest BCUT2D eigenvalue weighted by Gasteiger charge is -2.29. The van der Waals surface area contributed by atoms with Crippen LogP contribution in [0.2, 0.25) is 0 Å². The minimum atomic E-state index is -4.07. The summed E-state index contributed by atoms with van der Waals surface area (Å²) in [5.41, 5.74) is -0.412. The topological polar surface area (TPSA) is 18.5 Å². The molecule has 0 spiro atoms. The molecule has 0 heterocycles. The molecule has 0 radical (unpaired) electrons. The van der Waals surface area contributed by atoms with Crippen LogP contribution in [0.4, 0.5) is 30.7 Å². The Morgan fingerprint density at radius 1 is 0.795 bits per heavy atom. The van der Waals surface area contributed by atoms with Gasteiger partial charge < -0.3 is 9.47 Å². The molecule has 2 nitrogen and oxygen atoms in total. The maximum absolute atomic E-state index is 14.8. The highest BCUT2D eigenvalue weighted by Gasteiger charge is 2.35. The summed E-state index contributed by atoms with van der Waals surface area (Å²) in [5, 5.41) is 0. The van der Waals surface area contributed by atoms with E-state index in [9.17, 15) is 30.7 Å². The summed E-state index contributed by atoms with van der Waals surface area (Å²) in [6, 6.07) is 6.40. The Morgan fingerprint density at radius 3 is 1.97 bits per heavy atom. The number of hydrogen-bond donors (Lipinski definition) is 0. The molecule has 0 unspecified atom stereocenters. The molecule has 0 N–H and O–H groups in total. The van der Waals surface area contributed by atoms with E-state index in [-0.39, 0.29) is 17.0 Å². The van der Waals surface area contributed by atoms with E-state index < -0.39 is 58.9 Å². The van der Waals surface area contributed by atoms with E-state index in [0.717, 1.165) is 56.0 Å². The van der Waals surface area contributed by atoms with Crippen LogP contribution >= 0.6 is 0 Å². The molecule has 1 fully saturated rings. The van der Waals surface area contributed by atoms with Crippen LogP contribution < -0.4 is 9.47 Å². The Morgan fingerprint density at radius 2 is 1.41 bits per heavy atom. The van der Waals surface area contributed by atoms with E-state index in [4.69, 9.17) is 4.74 Å². The molecule has 1 aliphatic carbocycles. The molecule has 0 saturated heterocycles. The summed E-state index contributed by atoms with van der Waals surface area (Å²) < 4.78 is 111. The smallest absolute Gasteiger partial charge is 0.433 e. The molecule has 9 heteroatoms. The second-order valence-corrected chi connectivity index (χ2v) is 10.1. The van der Waals surface area contributed by atoms with Crippen molar-refractivity contribution in [3.8, 4) is 22.6 Å². The molecule has 0 aliphatic heterocycles. The monoisotopic (exact) mass is 554 g/mol. The first-order valence-electron chi connectivity index (χ1n) is 12.9. The van der Waals surface area contributed by atoms with Gasteiger partial charge in [0, 0.05) is 17.7 Å². The number of aryl methyl sites for hydroxylation is 1. The highest BCUT2D eigenvalue weighted by atomic mass is 19.3. The van der Waals surface area contributed by atoms with Gasteiger partial charge in [-0.2, -0.15) is 8.78 Å². The number of rotatable bonds is 9. The second-order valence-electron chi connectivity index (χ2n) is 10.1. The van der Waals surface area contributed by atoms with E-state index in [1.165, 1.54) is 6.92 Å². The number of halogens is 7. The Hall–Kier alpha value is -3.23. The molecule has 0 amide bonds. The summed E-state index contributed by atoms with van der Waals surface area (Å²) in [4.78, 5) is 0. The Kier molecular flexibility index (Phi) is 8.76. The third-order valence-electron chi connectivity index (χ3n) is 7.07. The first-order chi connectivity index (χ1) is 18.5. The van der Waals surface area contributed by atoms with Crippen LogP contribution in [0.5, 0.6) is 11.5 Å². The SMILES string of the molecule is CCCC1CCC(c2c(F)cc(OC(F)(F)COc3ccc(-c4c(F)cc(C)cc4F)cc3F)cc2F)CC1. The van der Waals surface area contributed by atoms with Gasteiger partial charge in [0.05, 0.1) is 5.56 Å². The zero-order valence-electron chi connectivity index (χ0n) is 21.6. The summed E-state index contributed by atoms with van der Waals surface area (Å²) in [6.45, 7) is 2.10. The predicted octanol–water partition coefficient (Wildman–Crippen LogP) is 9.48. The average molecular weight is 555 g/mol. The number of hydrogen-bond acceptors (Lipinski definition) is 2. The standard InChI is InChI=1S/C30H29F7O2/c1-3-4-18-5-7-19(8-6-18)28-25(34)14-21(15-26(28)35)39-30(36,37)16-38-27-10-9-20(13-22(27)31)29-23(32)11-17(2)12-24(29)33/h9-15,18-19H,3-8,16H2,1-2H3. The lowest BCUT2D eigenvalue weighted by atomic mass is 9.77. The Labute approximate surface area is 222 Å². The molecule has 3 aromatic carbocycles. The van der Waals surface area contributed by atoms with Crippen molar-refractivity contribution in [3.63, 3.8) is 0 Å². The van der Waals surface area contributed by atoms with Crippen molar-refractivity contribution in [1.29, 1.82) is 0 Å². The van der Waals surface area contributed by atoms with Crippen LogP contribution in [0.1, 0.15) is 62.5 Å². The van der Waals surface area contributed by atoms with Gasteiger partial charge in [-0.3, -0.25) is 0 Å². The molecule has 0 atom stereocenters. The fourth-order valence-corrected chi connectivity index (χ4v) is 5.27. The average Bonchev–Trinajstić information content (AvgIpc) is 2.83. The van der Waals surface area contributed by atoms with Crippen molar-refractivity contribution in [2.75, 3.05) is 6.61 Å². The molecule has 39 heavy (non-hydrogen) atoms. The molecule has 3 aromatic rings. The molecule has 0 bridgehead atoms. The maximum Gasteiger partial charge on any atom is 0.433 e. The Balaban J connectivity index is 1.41. The summed E-state index contributed by atoms with van der Waals surface area (Å²) in [6.07, 6.45) is 1.01. The molecule has 210 valence electrons. The molecule has 1 aliphatic rings. The van der Waals surface area contributed by atoms with E-state index in [2.05, 4.69) is 11.7 Å². The van der Waals surface area contributed by atoms with Crippen LogP contribution in [-0.4, -0.2) is 12.7 Å². The normalized spacial score (nSPS) is 17.8. The van der Waals surface area contributed by atoms with Crippen molar-refractivity contribution >= 4 is 0 Å².